The van der Waals surface area contributed by atoms with Crippen LogP contribution in [-0.2, 0) is 4.79 Å². The van der Waals surface area contributed by atoms with Crippen molar-refractivity contribution >= 4 is 5.91 Å². The van der Waals surface area contributed by atoms with Crippen LogP contribution in [0.1, 0.15) is 27.7 Å². The highest BCUT2D eigenvalue weighted by molar-refractivity contribution is 5.80. The van der Waals surface area contributed by atoms with Crippen LogP contribution in [0.3, 0.4) is 0 Å². The van der Waals surface area contributed by atoms with Gasteiger partial charge in [-0.05, 0) is 26.4 Å². The van der Waals surface area contributed by atoms with Gasteiger partial charge in [0.1, 0.15) is 0 Å². The standard InChI is InChI=1S/C11H25N3O/c1-8(11(2,3)4)14(6)7-9(13-5)10(12)15/h8-9,13H,7H2,1-6H3,(H2,12,15). The molecule has 4 heteroatoms. The fourth-order valence-electron chi connectivity index (χ4n) is 1.43. The van der Waals surface area contributed by atoms with Gasteiger partial charge in [-0.2, -0.15) is 0 Å². The lowest BCUT2D eigenvalue weighted by atomic mass is 9.87. The summed E-state index contributed by atoms with van der Waals surface area (Å²) in [6.07, 6.45) is 0. The molecule has 0 aromatic rings. The molecule has 90 valence electrons. The Labute approximate surface area is 93.2 Å². The molecule has 0 aliphatic rings. The summed E-state index contributed by atoms with van der Waals surface area (Å²) >= 11 is 0. The maximum Gasteiger partial charge on any atom is 0.235 e. The summed E-state index contributed by atoms with van der Waals surface area (Å²) in [4.78, 5) is 13.2. The molecule has 0 saturated heterocycles. The van der Waals surface area contributed by atoms with Crippen LogP contribution in [0.15, 0.2) is 0 Å². The summed E-state index contributed by atoms with van der Waals surface area (Å²) in [6, 6.07) is 0.118. The largest absolute Gasteiger partial charge is 0.368 e. The summed E-state index contributed by atoms with van der Waals surface area (Å²) in [5, 5.41) is 2.92. The second-order valence-corrected chi connectivity index (χ2v) is 5.23. The third kappa shape index (κ3) is 4.62. The molecular weight excluding hydrogens is 190 g/mol. The zero-order valence-corrected chi connectivity index (χ0v) is 10.8. The number of primary amides is 1. The fraction of sp³-hybridized carbons (Fsp3) is 0.909. The van der Waals surface area contributed by atoms with E-state index in [2.05, 4.69) is 37.9 Å². The smallest absolute Gasteiger partial charge is 0.235 e. The maximum atomic E-state index is 11.1. The molecule has 1 amide bonds. The van der Waals surface area contributed by atoms with Gasteiger partial charge in [-0.15, -0.1) is 0 Å². The predicted molar refractivity (Wildman–Crippen MR) is 63.6 cm³/mol. The van der Waals surface area contributed by atoms with Gasteiger partial charge in [0, 0.05) is 12.6 Å². The van der Waals surface area contributed by atoms with Crippen molar-refractivity contribution in [3.8, 4) is 0 Å². The summed E-state index contributed by atoms with van der Waals surface area (Å²) in [5.74, 6) is -0.301. The Morgan fingerprint density at radius 3 is 2.20 bits per heavy atom. The number of carbonyl (C=O) groups is 1. The van der Waals surface area contributed by atoms with E-state index in [0.29, 0.717) is 12.6 Å². The minimum atomic E-state index is -0.301. The van der Waals surface area contributed by atoms with Crippen LogP contribution in [0.2, 0.25) is 0 Å². The van der Waals surface area contributed by atoms with Crippen LogP contribution in [0, 0.1) is 5.41 Å². The fourth-order valence-corrected chi connectivity index (χ4v) is 1.43. The SMILES string of the molecule is CNC(CN(C)C(C)C(C)(C)C)C(N)=O. The number of nitrogens with two attached hydrogens (primary N) is 1. The molecular formula is C11H25N3O. The van der Waals surface area contributed by atoms with Crippen molar-refractivity contribution in [3.05, 3.63) is 0 Å². The minimum Gasteiger partial charge on any atom is -0.368 e. The Kier molecular flexibility index (Phi) is 5.24. The van der Waals surface area contributed by atoms with Crippen LogP contribution in [0.5, 0.6) is 0 Å². The van der Waals surface area contributed by atoms with Gasteiger partial charge in [-0.3, -0.25) is 4.79 Å². The lowest BCUT2D eigenvalue weighted by Gasteiger charge is -2.36. The molecule has 0 aliphatic heterocycles. The van der Waals surface area contributed by atoms with E-state index in [9.17, 15) is 4.79 Å². The second kappa shape index (κ2) is 5.47. The Hall–Kier alpha value is -0.610. The molecule has 0 saturated carbocycles. The molecule has 0 bridgehead atoms. The number of likely N-dealkylation sites (N-methyl/N-ethyl adjacent to an activating group) is 2. The van der Waals surface area contributed by atoms with Gasteiger partial charge in [0.25, 0.3) is 0 Å². The van der Waals surface area contributed by atoms with Crippen LogP contribution in [0.25, 0.3) is 0 Å². The molecule has 0 radical (unpaired) electrons. The zero-order valence-electron chi connectivity index (χ0n) is 10.8. The van der Waals surface area contributed by atoms with Crippen molar-refractivity contribution in [1.82, 2.24) is 10.2 Å². The van der Waals surface area contributed by atoms with E-state index in [1.807, 2.05) is 7.05 Å². The van der Waals surface area contributed by atoms with Crippen molar-refractivity contribution < 1.29 is 4.79 Å². The van der Waals surface area contributed by atoms with Gasteiger partial charge < -0.3 is 16.0 Å². The first-order valence-electron chi connectivity index (χ1n) is 5.37. The van der Waals surface area contributed by atoms with Crippen LogP contribution in [-0.4, -0.2) is 43.5 Å². The van der Waals surface area contributed by atoms with Crippen molar-refractivity contribution in [2.24, 2.45) is 11.1 Å². The Morgan fingerprint density at radius 2 is 1.93 bits per heavy atom. The Morgan fingerprint density at radius 1 is 1.47 bits per heavy atom. The number of nitrogens with one attached hydrogen (secondary N) is 1. The third-order valence-corrected chi connectivity index (χ3v) is 3.08. The molecule has 4 nitrogen and oxygen atoms in total. The van der Waals surface area contributed by atoms with Gasteiger partial charge in [0.15, 0.2) is 0 Å². The molecule has 0 fully saturated rings. The van der Waals surface area contributed by atoms with E-state index in [1.165, 1.54) is 0 Å². The molecule has 3 N–H and O–H groups in total. The second-order valence-electron chi connectivity index (χ2n) is 5.23. The molecule has 0 aromatic heterocycles. The van der Waals surface area contributed by atoms with Crippen LogP contribution < -0.4 is 11.1 Å². The average Bonchev–Trinajstić information content (AvgIpc) is 2.10. The molecule has 0 aromatic carbocycles. The summed E-state index contributed by atoms with van der Waals surface area (Å²) in [7, 11) is 3.77. The minimum absolute atomic E-state index is 0.199. The van der Waals surface area contributed by atoms with Crippen molar-refractivity contribution in [2.75, 3.05) is 20.6 Å². The van der Waals surface area contributed by atoms with E-state index in [4.69, 9.17) is 5.73 Å². The van der Waals surface area contributed by atoms with Gasteiger partial charge in [0.2, 0.25) is 5.91 Å². The summed E-state index contributed by atoms with van der Waals surface area (Å²) < 4.78 is 0. The lowest BCUT2D eigenvalue weighted by Crippen LogP contribution is -2.51. The highest BCUT2D eigenvalue weighted by Gasteiger charge is 2.26. The molecule has 2 unspecified atom stereocenters. The highest BCUT2D eigenvalue weighted by atomic mass is 16.1. The number of hydrogen-bond donors (Lipinski definition) is 2. The first-order chi connectivity index (χ1) is 6.70. The topological polar surface area (TPSA) is 58.4 Å². The molecule has 0 aliphatic carbocycles. The third-order valence-electron chi connectivity index (χ3n) is 3.08. The van der Waals surface area contributed by atoms with Gasteiger partial charge >= 0.3 is 0 Å². The van der Waals surface area contributed by atoms with E-state index in [1.54, 1.807) is 7.05 Å². The predicted octanol–water partition coefficient (Wildman–Crippen LogP) is 0.426. The van der Waals surface area contributed by atoms with Gasteiger partial charge in [-0.1, -0.05) is 20.8 Å². The molecule has 0 heterocycles. The molecule has 15 heavy (non-hydrogen) atoms. The molecule has 2 atom stereocenters. The number of carbonyl (C=O) groups excluding carboxylic acids is 1. The number of rotatable bonds is 5. The monoisotopic (exact) mass is 215 g/mol. The van der Waals surface area contributed by atoms with Crippen LogP contribution >= 0.6 is 0 Å². The quantitative estimate of drug-likeness (QED) is 0.699. The molecule has 0 spiro atoms. The first kappa shape index (κ1) is 14.4. The summed E-state index contributed by atoms with van der Waals surface area (Å²) in [6.45, 7) is 9.37. The maximum absolute atomic E-state index is 11.1. The summed E-state index contributed by atoms with van der Waals surface area (Å²) in [5.41, 5.74) is 5.48. The number of amides is 1. The Bertz CT molecular complexity index is 210. The van der Waals surface area contributed by atoms with Crippen LogP contribution in [0.4, 0.5) is 0 Å². The normalized spacial score (nSPS) is 16.5. The van der Waals surface area contributed by atoms with E-state index in [-0.39, 0.29) is 17.4 Å². The zero-order chi connectivity index (χ0) is 12.2. The first-order valence-corrected chi connectivity index (χ1v) is 5.37. The van der Waals surface area contributed by atoms with Crippen molar-refractivity contribution in [3.63, 3.8) is 0 Å². The lowest BCUT2D eigenvalue weighted by molar-refractivity contribution is -0.120. The van der Waals surface area contributed by atoms with Gasteiger partial charge in [-0.25, -0.2) is 0 Å². The average molecular weight is 215 g/mol. The molecule has 0 rings (SSSR count). The van der Waals surface area contributed by atoms with Crippen molar-refractivity contribution in [1.29, 1.82) is 0 Å². The van der Waals surface area contributed by atoms with Gasteiger partial charge in [0.05, 0.1) is 6.04 Å². The highest BCUT2D eigenvalue weighted by Crippen LogP contribution is 2.22. The van der Waals surface area contributed by atoms with E-state index >= 15 is 0 Å². The number of hydrogen-bond acceptors (Lipinski definition) is 3. The van der Waals surface area contributed by atoms with Crippen molar-refractivity contribution in [2.45, 2.75) is 39.8 Å². The van der Waals surface area contributed by atoms with E-state index in [0.717, 1.165) is 0 Å². The van der Waals surface area contributed by atoms with E-state index < -0.39 is 0 Å². The Balaban J connectivity index is 4.34. The number of nitrogens with zero attached hydrogens (tertiary/aromatic N) is 1.